The summed E-state index contributed by atoms with van der Waals surface area (Å²) in [5.41, 5.74) is 6.86. The molecular weight excluding hydrogens is 309 g/mol. The van der Waals surface area contributed by atoms with E-state index in [-0.39, 0.29) is 11.9 Å². The van der Waals surface area contributed by atoms with Crippen molar-refractivity contribution in [1.29, 1.82) is 0 Å². The monoisotopic (exact) mass is 323 g/mol. The Labute approximate surface area is 120 Å². The van der Waals surface area contributed by atoms with E-state index in [4.69, 9.17) is 10.5 Å². The molecule has 0 saturated carbocycles. The summed E-state index contributed by atoms with van der Waals surface area (Å²) in [6.07, 6.45) is 0.731. The van der Waals surface area contributed by atoms with Gasteiger partial charge in [-0.25, -0.2) is 4.39 Å². The maximum absolute atomic E-state index is 13.0. The molecule has 0 fully saturated rings. The summed E-state index contributed by atoms with van der Waals surface area (Å²) >= 11 is 3.29. The van der Waals surface area contributed by atoms with Gasteiger partial charge < -0.3 is 10.5 Å². The molecule has 1 atom stereocenters. The first-order valence-corrected chi connectivity index (χ1v) is 6.82. The van der Waals surface area contributed by atoms with Crippen molar-refractivity contribution >= 4 is 15.9 Å². The summed E-state index contributed by atoms with van der Waals surface area (Å²) in [7, 11) is 0. The number of nitrogens with two attached hydrogens (primary N) is 1. The molecule has 19 heavy (non-hydrogen) atoms. The van der Waals surface area contributed by atoms with Gasteiger partial charge in [0.05, 0.1) is 4.47 Å². The van der Waals surface area contributed by atoms with Gasteiger partial charge in [-0.3, -0.25) is 0 Å². The van der Waals surface area contributed by atoms with Crippen LogP contribution in [0.1, 0.15) is 12.5 Å². The van der Waals surface area contributed by atoms with Crippen LogP contribution < -0.4 is 10.5 Å². The zero-order valence-electron chi connectivity index (χ0n) is 10.6. The second kappa shape index (κ2) is 6.17. The van der Waals surface area contributed by atoms with Crippen molar-refractivity contribution in [3.8, 4) is 11.5 Å². The molecule has 4 heteroatoms. The smallest absolute Gasteiger partial charge is 0.141 e. The first kappa shape index (κ1) is 14.0. The van der Waals surface area contributed by atoms with Crippen molar-refractivity contribution in [2.45, 2.75) is 19.4 Å². The quantitative estimate of drug-likeness (QED) is 0.911. The molecule has 0 aromatic heterocycles. The summed E-state index contributed by atoms with van der Waals surface area (Å²) in [4.78, 5) is 0. The molecule has 1 unspecified atom stereocenters. The van der Waals surface area contributed by atoms with Crippen LogP contribution in [0.4, 0.5) is 4.39 Å². The first-order valence-electron chi connectivity index (χ1n) is 6.02. The van der Waals surface area contributed by atoms with E-state index >= 15 is 0 Å². The van der Waals surface area contributed by atoms with E-state index in [2.05, 4.69) is 15.9 Å². The Morgan fingerprint density at radius 2 is 1.95 bits per heavy atom. The lowest BCUT2D eigenvalue weighted by Gasteiger charge is -2.13. The molecule has 0 heterocycles. The predicted octanol–water partition coefficient (Wildman–Crippen LogP) is 4.27. The minimum atomic E-state index is -0.303. The highest BCUT2D eigenvalue weighted by Gasteiger charge is 2.09. The fourth-order valence-electron chi connectivity index (χ4n) is 1.80. The first-order chi connectivity index (χ1) is 9.06. The van der Waals surface area contributed by atoms with Crippen LogP contribution in [0.3, 0.4) is 0 Å². The highest BCUT2D eigenvalue weighted by molar-refractivity contribution is 9.10. The molecule has 2 aromatic carbocycles. The highest BCUT2D eigenvalue weighted by atomic mass is 79.9. The summed E-state index contributed by atoms with van der Waals surface area (Å²) in [5, 5.41) is 0. The lowest BCUT2D eigenvalue weighted by Crippen LogP contribution is -2.18. The van der Waals surface area contributed by atoms with E-state index in [1.807, 2.05) is 31.2 Å². The summed E-state index contributed by atoms with van der Waals surface area (Å²) in [5.74, 6) is 1.02. The number of halogens is 2. The van der Waals surface area contributed by atoms with Crippen molar-refractivity contribution in [2.75, 3.05) is 0 Å². The van der Waals surface area contributed by atoms with Crippen LogP contribution in [0, 0.1) is 5.82 Å². The molecule has 0 aliphatic rings. The second-order valence-electron chi connectivity index (χ2n) is 4.47. The minimum absolute atomic E-state index is 0.0569. The van der Waals surface area contributed by atoms with E-state index < -0.39 is 0 Å². The second-order valence-corrected chi connectivity index (χ2v) is 5.32. The number of ether oxygens (including phenoxy) is 1. The van der Waals surface area contributed by atoms with Crippen LogP contribution in [-0.2, 0) is 6.42 Å². The van der Waals surface area contributed by atoms with Gasteiger partial charge in [-0.15, -0.1) is 0 Å². The number of hydrogen-bond acceptors (Lipinski definition) is 2. The normalized spacial score (nSPS) is 12.2. The summed E-state index contributed by atoms with van der Waals surface area (Å²) < 4.78 is 19.4. The highest BCUT2D eigenvalue weighted by Crippen LogP contribution is 2.32. The molecule has 0 aliphatic heterocycles. The van der Waals surface area contributed by atoms with Gasteiger partial charge in [-0.05, 0) is 59.1 Å². The number of para-hydroxylation sites is 1. The van der Waals surface area contributed by atoms with E-state index in [9.17, 15) is 4.39 Å². The molecule has 0 radical (unpaired) electrons. The molecule has 0 aliphatic carbocycles. The van der Waals surface area contributed by atoms with Crippen molar-refractivity contribution in [3.05, 3.63) is 58.3 Å². The van der Waals surface area contributed by atoms with Gasteiger partial charge in [0.1, 0.15) is 17.3 Å². The molecule has 0 spiro atoms. The molecule has 0 amide bonds. The fourth-order valence-corrected chi connectivity index (χ4v) is 2.23. The van der Waals surface area contributed by atoms with Gasteiger partial charge in [-0.2, -0.15) is 0 Å². The van der Waals surface area contributed by atoms with Crippen LogP contribution in [0.25, 0.3) is 0 Å². The Morgan fingerprint density at radius 3 is 2.63 bits per heavy atom. The Balaban J connectivity index is 2.27. The van der Waals surface area contributed by atoms with Gasteiger partial charge in [-0.1, -0.05) is 18.2 Å². The largest absolute Gasteiger partial charge is 0.456 e. The third-order valence-electron chi connectivity index (χ3n) is 2.63. The minimum Gasteiger partial charge on any atom is -0.456 e. The molecule has 2 nitrogen and oxygen atoms in total. The third-order valence-corrected chi connectivity index (χ3v) is 3.25. The van der Waals surface area contributed by atoms with Gasteiger partial charge in [0, 0.05) is 6.04 Å². The van der Waals surface area contributed by atoms with E-state index in [0.717, 1.165) is 17.7 Å². The maximum Gasteiger partial charge on any atom is 0.141 e. The van der Waals surface area contributed by atoms with Crippen molar-refractivity contribution in [1.82, 2.24) is 0 Å². The van der Waals surface area contributed by atoms with Gasteiger partial charge >= 0.3 is 0 Å². The van der Waals surface area contributed by atoms with Crippen molar-refractivity contribution < 1.29 is 9.13 Å². The standard InChI is InChI=1S/C15H15BrFNO/c1-10(18)8-11-4-2-3-5-14(11)19-15-7-6-12(17)9-13(15)16/h2-7,9-10H,8,18H2,1H3. The summed E-state index contributed by atoms with van der Waals surface area (Å²) in [6.45, 7) is 1.95. The molecular formula is C15H15BrFNO. The number of rotatable bonds is 4. The number of hydrogen-bond donors (Lipinski definition) is 1. The van der Waals surface area contributed by atoms with Crippen LogP contribution >= 0.6 is 15.9 Å². The van der Waals surface area contributed by atoms with E-state index in [1.54, 1.807) is 6.07 Å². The Bertz CT molecular complexity index is 572. The van der Waals surface area contributed by atoms with E-state index in [0.29, 0.717) is 10.2 Å². The molecule has 2 aromatic rings. The summed E-state index contributed by atoms with van der Waals surface area (Å²) in [6, 6.07) is 12.1. The van der Waals surface area contributed by atoms with Gasteiger partial charge in [0.15, 0.2) is 0 Å². The Hall–Kier alpha value is -1.39. The van der Waals surface area contributed by atoms with Gasteiger partial charge in [0.2, 0.25) is 0 Å². The van der Waals surface area contributed by atoms with E-state index in [1.165, 1.54) is 12.1 Å². The zero-order chi connectivity index (χ0) is 13.8. The molecule has 2 N–H and O–H groups in total. The average Bonchev–Trinajstić information content (AvgIpc) is 2.34. The Morgan fingerprint density at radius 1 is 1.21 bits per heavy atom. The SMILES string of the molecule is CC(N)Cc1ccccc1Oc1ccc(F)cc1Br. The third kappa shape index (κ3) is 3.78. The van der Waals surface area contributed by atoms with Crippen LogP contribution in [0.2, 0.25) is 0 Å². The van der Waals surface area contributed by atoms with Crippen LogP contribution in [0.5, 0.6) is 11.5 Å². The molecule has 100 valence electrons. The average molecular weight is 324 g/mol. The number of benzene rings is 2. The maximum atomic E-state index is 13.0. The van der Waals surface area contributed by atoms with Crippen LogP contribution in [-0.4, -0.2) is 6.04 Å². The Kier molecular flexibility index (Phi) is 4.56. The predicted molar refractivity (Wildman–Crippen MR) is 78.0 cm³/mol. The van der Waals surface area contributed by atoms with Crippen LogP contribution in [0.15, 0.2) is 46.9 Å². The fraction of sp³-hybridized carbons (Fsp3) is 0.200. The molecule has 0 bridgehead atoms. The zero-order valence-corrected chi connectivity index (χ0v) is 12.2. The lowest BCUT2D eigenvalue weighted by atomic mass is 10.1. The lowest BCUT2D eigenvalue weighted by molar-refractivity contribution is 0.469. The topological polar surface area (TPSA) is 35.2 Å². The van der Waals surface area contributed by atoms with Crippen molar-refractivity contribution in [2.24, 2.45) is 5.73 Å². The molecule has 2 rings (SSSR count). The van der Waals surface area contributed by atoms with Crippen molar-refractivity contribution in [3.63, 3.8) is 0 Å². The van der Waals surface area contributed by atoms with Gasteiger partial charge in [0.25, 0.3) is 0 Å². The molecule has 0 saturated heterocycles.